The molecule has 0 amide bonds. The predicted octanol–water partition coefficient (Wildman–Crippen LogP) is 1.62. The second-order valence-corrected chi connectivity index (χ2v) is 4.61. The van der Waals surface area contributed by atoms with Crippen molar-refractivity contribution >= 4 is 0 Å². The first-order chi connectivity index (χ1) is 7.56. The maximum absolute atomic E-state index is 11.9. The summed E-state index contributed by atoms with van der Waals surface area (Å²) in [6.45, 7) is 7.01. The van der Waals surface area contributed by atoms with Gasteiger partial charge in [-0.05, 0) is 40.7 Å². The van der Waals surface area contributed by atoms with Gasteiger partial charge in [0, 0.05) is 31.0 Å². The molecule has 1 N–H and O–H groups in total. The van der Waals surface area contributed by atoms with Crippen LogP contribution >= 0.6 is 0 Å². The van der Waals surface area contributed by atoms with Crippen molar-refractivity contribution in [3.63, 3.8) is 0 Å². The maximum Gasteiger partial charge on any atom is 0.328 e. The lowest BCUT2D eigenvalue weighted by molar-refractivity contribution is 0.491. The lowest BCUT2D eigenvalue weighted by Crippen LogP contribution is -2.26. The second-order valence-electron chi connectivity index (χ2n) is 4.61. The zero-order chi connectivity index (χ0) is 12.1. The highest BCUT2D eigenvalue weighted by Crippen LogP contribution is 2.01. The van der Waals surface area contributed by atoms with Crippen molar-refractivity contribution in [3.05, 3.63) is 22.9 Å². The van der Waals surface area contributed by atoms with E-state index in [0.29, 0.717) is 6.04 Å². The van der Waals surface area contributed by atoms with E-state index in [0.717, 1.165) is 19.4 Å². The first-order valence-electron chi connectivity index (χ1n) is 6.00. The van der Waals surface area contributed by atoms with Crippen LogP contribution in [0.3, 0.4) is 0 Å². The van der Waals surface area contributed by atoms with Crippen LogP contribution in [0, 0.1) is 0 Å². The van der Waals surface area contributed by atoms with Crippen LogP contribution in [0.1, 0.15) is 39.7 Å². The van der Waals surface area contributed by atoms with E-state index in [2.05, 4.69) is 12.2 Å². The van der Waals surface area contributed by atoms with Crippen LogP contribution in [0.15, 0.2) is 17.2 Å². The Labute approximate surface area is 97.3 Å². The molecule has 1 aromatic rings. The second kappa shape index (κ2) is 5.89. The summed E-state index contributed by atoms with van der Waals surface area (Å²) in [7, 11) is 1.96. The van der Waals surface area contributed by atoms with Gasteiger partial charge in [-0.3, -0.25) is 9.13 Å². The predicted molar refractivity (Wildman–Crippen MR) is 66.8 cm³/mol. The fourth-order valence-corrected chi connectivity index (χ4v) is 1.70. The van der Waals surface area contributed by atoms with Gasteiger partial charge in [-0.2, -0.15) is 0 Å². The van der Waals surface area contributed by atoms with Gasteiger partial charge in [0.2, 0.25) is 0 Å². The highest BCUT2D eigenvalue weighted by molar-refractivity contribution is 4.83. The fourth-order valence-electron chi connectivity index (χ4n) is 1.70. The Bertz CT molecular complexity index is 365. The molecule has 16 heavy (non-hydrogen) atoms. The molecule has 0 aromatic carbocycles. The third kappa shape index (κ3) is 3.23. The van der Waals surface area contributed by atoms with E-state index < -0.39 is 0 Å². The molecule has 0 radical (unpaired) electrons. The maximum atomic E-state index is 11.9. The van der Waals surface area contributed by atoms with Gasteiger partial charge in [0.25, 0.3) is 0 Å². The van der Waals surface area contributed by atoms with Gasteiger partial charge in [-0.25, -0.2) is 4.79 Å². The molecule has 92 valence electrons. The molecule has 1 unspecified atom stereocenters. The molecule has 4 nitrogen and oxygen atoms in total. The molecule has 0 fully saturated rings. The third-order valence-electron chi connectivity index (χ3n) is 2.96. The zero-order valence-corrected chi connectivity index (χ0v) is 10.7. The summed E-state index contributed by atoms with van der Waals surface area (Å²) < 4.78 is 3.56. The summed E-state index contributed by atoms with van der Waals surface area (Å²) in [4.78, 5) is 11.9. The minimum absolute atomic E-state index is 0.104. The Hall–Kier alpha value is -1.03. The lowest BCUT2D eigenvalue weighted by Gasteiger charge is -2.09. The molecule has 0 aliphatic carbocycles. The molecule has 0 bridgehead atoms. The molecule has 1 atom stereocenters. The number of nitrogens with one attached hydrogen (secondary N) is 1. The molecule has 1 heterocycles. The summed E-state index contributed by atoms with van der Waals surface area (Å²) >= 11 is 0. The summed E-state index contributed by atoms with van der Waals surface area (Å²) in [6.07, 6.45) is 5.88. The van der Waals surface area contributed by atoms with E-state index in [1.54, 1.807) is 9.13 Å². The quantitative estimate of drug-likeness (QED) is 0.799. The van der Waals surface area contributed by atoms with Crippen LogP contribution in [-0.2, 0) is 6.54 Å². The number of hydrogen-bond acceptors (Lipinski definition) is 2. The molecule has 1 aromatic heterocycles. The lowest BCUT2D eigenvalue weighted by atomic mass is 10.2. The van der Waals surface area contributed by atoms with Gasteiger partial charge in [0.1, 0.15) is 0 Å². The smallest absolute Gasteiger partial charge is 0.317 e. The van der Waals surface area contributed by atoms with Crippen LogP contribution in [0.25, 0.3) is 0 Å². The van der Waals surface area contributed by atoms with E-state index >= 15 is 0 Å². The topological polar surface area (TPSA) is 39.0 Å². The van der Waals surface area contributed by atoms with Gasteiger partial charge in [0.05, 0.1) is 0 Å². The van der Waals surface area contributed by atoms with Crippen molar-refractivity contribution < 1.29 is 0 Å². The average molecular weight is 225 g/mol. The summed E-state index contributed by atoms with van der Waals surface area (Å²) in [5, 5.41) is 3.20. The minimum Gasteiger partial charge on any atom is -0.317 e. The molecular formula is C12H23N3O. The molecule has 0 aliphatic heterocycles. The fraction of sp³-hybridized carbons (Fsp3) is 0.750. The van der Waals surface area contributed by atoms with Crippen LogP contribution < -0.4 is 11.0 Å². The SMILES string of the molecule is CNC(C)CCCn1ccn(C(C)C)c1=O. The number of aromatic nitrogens is 2. The average Bonchev–Trinajstić information content (AvgIpc) is 2.60. The minimum atomic E-state index is 0.104. The third-order valence-corrected chi connectivity index (χ3v) is 2.96. The van der Waals surface area contributed by atoms with Crippen molar-refractivity contribution in [2.75, 3.05) is 7.05 Å². The van der Waals surface area contributed by atoms with Crippen molar-refractivity contribution in [2.45, 2.75) is 52.2 Å². The van der Waals surface area contributed by atoms with E-state index in [-0.39, 0.29) is 11.7 Å². The highest BCUT2D eigenvalue weighted by atomic mass is 16.1. The number of nitrogens with zero attached hydrogens (tertiary/aromatic N) is 2. The molecule has 0 saturated heterocycles. The Kier molecular flexibility index (Phi) is 4.80. The highest BCUT2D eigenvalue weighted by Gasteiger charge is 2.06. The first kappa shape index (κ1) is 13.0. The molecule has 0 saturated carbocycles. The Morgan fingerprint density at radius 2 is 2.00 bits per heavy atom. The van der Waals surface area contributed by atoms with Crippen LogP contribution in [0.4, 0.5) is 0 Å². The number of aryl methyl sites for hydroxylation is 1. The van der Waals surface area contributed by atoms with E-state index in [4.69, 9.17) is 0 Å². The zero-order valence-electron chi connectivity index (χ0n) is 10.7. The standard InChI is InChI=1S/C12H23N3O/c1-10(2)15-9-8-14(12(15)16)7-5-6-11(3)13-4/h8-11,13H,5-7H2,1-4H3. The first-order valence-corrected chi connectivity index (χ1v) is 6.00. The summed E-state index contributed by atoms with van der Waals surface area (Å²) in [5.41, 5.74) is 0.104. The van der Waals surface area contributed by atoms with Crippen LogP contribution in [0.5, 0.6) is 0 Å². The number of imidazole rings is 1. The summed E-state index contributed by atoms with van der Waals surface area (Å²) in [6, 6.07) is 0.757. The van der Waals surface area contributed by atoms with Crippen molar-refractivity contribution in [3.8, 4) is 0 Å². The monoisotopic (exact) mass is 225 g/mol. The van der Waals surface area contributed by atoms with Crippen LogP contribution in [0.2, 0.25) is 0 Å². The van der Waals surface area contributed by atoms with Crippen LogP contribution in [-0.4, -0.2) is 22.2 Å². The van der Waals surface area contributed by atoms with Gasteiger partial charge in [-0.15, -0.1) is 0 Å². The normalized spacial score (nSPS) is 13.3. The molecule has 4 heteroatoms. The largest absolute Gasteiger partial charge is 0.328 e. The number of hydrogen-bond donors (Lipinski definition) is 1. The summed E-state index contributed by atoms with van der Waals surface area (Å²) in [5.74, 6) is 0. The molecule has 1 rings (SSSR count). The Morgan fingerprint density at radius 3 is 2.50 bits per heavy atom. The van der Waals surface area contributed by atoms with Gasteiger partial charge >= 0.3 is 5.69 Å². The molecule has 0 spiro atoms. The van der Waals surface area contributed by atoms with Crippen molar-refractivity contribution in [1.29, 1.82) is 0 Å². The molecule has 0 aliphatic rings. The Balaban J connectivity index is 2.52. The molecular weight excluding hydrogens is 202 g/mol. The van der Waals surface area contributed by atoms with Crippen molar-refractivity contribution in [1.82, 2.24) is 14.5 Å². The van der Waals surface area contributed by atoms with Gasteiger partial charge < -0.3 is 5.32 Å². The van der Waals surface area contributed by atoms with Gasteiger partial charge in [0.15, 0.2) is 0 Å². The van der Waals surface area contributed by atoms with Crippen molar-refractivity contribution in [2.24, 2.45) is 0 Å². The van der Waals surface area contributed by atoms with Gasteiger partial charge in [-0.1, -0.05) is 0 Å². The number of rotatable bonds is 6. The van der Waals surface area contributed by atoms with E-state index in [1.165, 1.54) is 0 Å². The van der Waals surface area contributed by atoms with E-state index in [9.17, 15) is 4.79 Å². The van der Waals surface area contributed by atoms with E-state index in [1.807, 2.05) is 33.3 Å². The Morgan fingerprint density at radius 1 is 1.31 bits per heavy atom.